The van der Waals surface area contributed by atoms with E-state index in [9.17, 15) is 19.2 Å². The molecule has 0 saturated heterocycles. The Kier molecular flexibility index (Phi) is 7.04. The minimum atomic E-state index is -1.35. The molecule has 2 rings (SSSR count). The number of carbonyl (C=O) groups is 4. The van der Waals surface area contributed by atoms with Gasteiger partial charge in [-0.05, 0) is 51.9 Å². The molecule has 0 aromatic heterocycles. The van der Waals surface area contributed by atoms with Crippen LogP contribution in [0.1, 0.15) is 53.9 Å². The van der Waals surface area contributed by atoms with Gasteiger partial charge < -0.3 is 24.8 Å². The van der Waals surface area contributed by atoms with E-state index in [4.69, 9.17) is 14.2 Å². The van der Waals surface area contributed by atoms with Crippen molar-refractivity contribution in [3.63, 3.8) is 0 Å². The number of esters is 2. The molecule has 0 aromatic rings. The van der Waals surface area contributed by atoms with Crippen LogP contribution < -0.4 is 10.6 Å². The number of carbonyl (C=O) groups excluding carboxylic acids is 4. The Labute approximate surface area is 177 Å². The zero-order chi connectivity index (χ0) is 22.9. The summed E-state index contributed by atoms with van der Waals surface area (Å²) in [7, 11) is 2.56. The Morgan fingerprint density at radius 2 is 1.73 bits per heavy atom. The molecule has 0 bridgehead atoms. The summed E-state index contributed by atoms with van der Waals surface area (Å²) in [6.45, 7) is 9.02. The number of methoxy groups -OCH3 is 2. The van der Waals surface area contributed by atoms with Gasteiger partial charge in [0.15, 0.2) is 0 Å². The molecule has 30 heavy (non-hydrogen) atoms. The number of hydrogen-bond acceptors (Lipinski definition) is 7. The summed E-state index contributed by atoms with van der Waals surface area (Å²) >= 11 is 0. The summed E-state index contributed by atoms with van der Waals surface area (Å²) in [6.07, 6.45) is 0.569. The van der Waals surface area contributed by atoms with Crippen molar-refractivity contribution in [2.45, 2.75) is 71.1 Å². The van der Waals surface area contributed by atoms with E-state index in [0.717, 1.165) is 0 Å². The van der Waals surface area contributed by atoms with Gasteiger partial charge in [-0.25, -0.2) is 9.59 Å². The Bertz CT molecular complexity index is 700. The Hall–Kier alpha value is -2.32. The van der Waals surface area contributed by atoms with E-state index in [-0.39, 0.29) is 11.8 Å². The van der Waals surface area contributed by atoms with Gasteiger partial charge >= 0.3 is 18.0 Å². The van der Waals surface area contributed by atoms with Crippen molar-refractivity contribution < 1.29 is 33.4 Å². The van der Waals surface area contributed by atoms with E-state index in [2.05, 4.69) is 10.6 Å². The van der Waals surface area contributed by atoms with Crippen molar-refractivity contribution in [2.24, 2.45) is 23.7 Å². The average molecular weight is 427 g/mol. The summed E-state index contributed by atoms with van der Waals surface area (Å²) in [6, 6.07) is -0.853. The maximum absolute atomic E-state index is 13.4. The van der Waals surface area contributed by atoms with Crippen LogP contribution in [-0.4, -0.2) is 55.3 Å². The molecule has 2 saturated carbocycles. The van der Waals surface area contributed by atoms with Gasteiger partial charge in [0.1, 0.15) is 17.2 Å². The molecule has 0 heterocycles. The van der Waals surface area contributed by atoms with Crippen molar-refractivity contribution in [2.75, 3.05) is 14.2 Å². The smallest absolute Gasteiger partial charge is 0.408 e. The molecular formula is C21H34N2O7. The standard InChI is InChI=1S/C21H34N2O7/c1-11(2)10-13(16(24)28-6)22-18(26)21(23-19(27)30-20(3,4)5)9-8-12-14(15(12)21)17(25)29-7/h11-15H,8-10H2,1-7H3,(H,22,26)(H,23,27)/t12-,13-,14-,15-,21-/m0/s1. The van der Waals surface area contributed by atoms with Crippen molar-refractivity contribution in [1.82, 2.24) is 10.6 Å². The topological polar surface area (TPSA) is 120 Å². The fraction of sp³-hybridized carbons (Fsp3) is 0.810. The van der Waals surface area contributed by atoms with Gasteiger partial charge in [0.05, 0.1) is 20.1 Å². The fourth-order valence-corrected chi connectivity index (χ4v) is 4.49. The van der Waals surface area contributed by atoms with Gasteiger partial charge in [-0.1, -0.05) is 13.8 Å². The van der Waals surface area contributed by atoms with Crippen LogP contribution in [0.3, 0.4) is 0 Å². The first-order valence-corrected chi connectivity index (χ1v) is 10.3. The van der Waals surface area contributed by atoms with Crippen molar-refractivity contribution in [3.8, 4) is 0 Å². The number of alkyl carbamates (subject to hydrolysis) is 1. The van der Waals surface area contributed by atoms with Gasteiger partial charge in [-0.15, -0.1) is 0 Å². The molecule has 0 aromatic carbocycles. The fourth-order valence-electron chi connectivity index (χ4n) is 4.49. The normalized spacial score (nSPS) is 28.2. The highest BCUT2D eigenvalue weighted by atomic mass is 16.6. The number of ether oxygens (including phenoxy) is 3. The molecule has 170 valence electrons. The van der Waals surface area contributed by atoms with Crippen LogP contribution in [0.25, 0.3) is 0 Å². The predicted octanol–water partition coefficient (Wildman–Crippen LogP) is 1.78. The molecule has 2 N–H and O–H groups in total. The first-order valence-electron chi connectivity index (χ1n) is 10.3. The molecule has 2 aliphatic carbocycles. The van der Waals surface area contributed by atoms with Crippen LogP contribution in [-0.2, 0) is 28.6 Å². The van der Waals surface area contributed by atoms with E-state index >= 15 is 0 Å². The second-order valence-corrected chi connectivity index (χ2v) is 9.55. The SMILES string of the molecule is COC(=O)[C@H]1[C@@H]2CC[C@@](NC(=O)OC(C)(C)C)(C(=O)N[C@@H](CC(C)C)C(=O)OC)[C@@H]21. The van der Waals surface area contributed by atoms with Crippen molar-refractivity contribution in [1.29, 1.82) is 0 Å². The largest absolute Gasteiger partial charge is 0.469 e. The van der Waals surface area contributed by atoms with Gasteiger partial charge in [0, 0.05) is 5.92 Å². The van der Waals surface area contributed by atoms with E-state index in [1.54, 1.807) is 20.8 Å². The molecule has 0 radical (unpaired) electrons. The third-order valence-electron chi connectivity index (χ3n) is 5.71. The zero-order valence-corrected chi connectivity index (χ0v) is 18.9. The molecule has 0 aliphatic heterocycles. The quantitative estimate of drug-likeness (QED) is 0.470. The summed E-state index contributed by atoms with van der Waals surface area (Å²) in [5, 5.41) is 5.48. The number of hydrogen-bond donors (Lipinski definition) is 2. The van der Waals surface area contributed by atoms with Crippen LogP contribution in [0.15, 0.2) is 0 Å². The first-order chi connectivity index (χ1) is 13.9. The highest BCUT2D eigenvalue weighted by molar-refractivity contribution is 5.95. The minimum absolute atomic E-state index is 0.0557. The van der Waals surface area contributed by atoms with Crippen molar-refractivity contribution >= 4 is 23.9 Å². The maximum Gasteiger partial charge on any atom is 0.408 e. The summed E-state index contributed by atoms with van der Waals surface area (Å²) in [5.74, 6) is -2.27. The van der Waals surface area contributed by atoms with E-state index in [1.165, 1.54) is 14.2 Å². The first kappa shape index (κ1) is 24.0. The van der Waals surface area contributed by atoms with Gasteiger partial charge in [0.25, 0.3) is 0 Å². The molecule has 2 fully saturated rings. The second kappa shape index (κ2) is 8.81. The average Bonchev–Trinajstić information content (AvgIpc) is 3.25. The lowest BCUT2D eigenvalue weighted by atomic mass is 9.88. The van der Waals surface area contributed by atoms with E-state index < -0.39 is 53.0 Å². The number of nitrogens with one attached hydrogen (secondary N) is 2. The van der Waals surface area contributed by atoms with E-state index in [0.29, 0.717) is 19.3 Å². The number of amides is 2. The molecule has 2 amide bonds. The van der Waals surface area contributed by atoms with Gasteiger partial charge in [0.2, 0.25) is 5.91 Å². The lowest BCUT2D eigenvalue weighted by Crippen LogP contribution is -2.62. The van der Waals surface area contributed by atoms with Crippen molar-refractivity contribution in [3.05, 3.63) is 0 Å². The summed E-state index contributed by atoms with van der Waals surface area (Å²) < 4.78 is 15.1. The second-order valence-electron chi connectivity index (χ2n) is 9.55. The Balaban J connectivity index is 2.29. The van der Waals surface area contributed by atoms with Crippen LogP contribution in [0.2, 0.25) is 0 Å². The lowest BCUT2D eigenvalue weighted by molar-refractivity contribution is -0.147. The third-order valence-corrected chi connectivity index (χ3v) is 5.71. The zero-order valence-electron chi connectivity index (χ0n) is 18.9. The minimum Gasteiger partial charge on any atom is -0.469 e. The molecule has 0 spiro atoms. The highest BCUT2D eigenvalue weighted by Gasteiger charge is 2.72. The Morgan fingerprint density at radius 1 is 1.10 bits per heavy atom. The van der Waals surface area contributed by atoms with Crippen LogP contribution in [0, 0.1) is 23.7 Å². The number of rotatable bonds is 7. The molecule has 9 heteroatoms. The summed E-state index contributed by atoms with van der Waals surface area (Å²) in [4.78, 5) is 50.4. The molecule has 2 aliphatic rings. The predicted molar refractivity (Wildman–Crippen MR) is 107 cm³/mol. The molecule has 0 unspecified atom stereocenters. The summed E-state index contributed by atoms with van der Waals surface area (Å²) in [5.41, 5.74) is -2.10. The van der Waals surface area contributed by atoms with Gasteiger partial charge in [-0.2, -0.15) is 0 Å². The number of fused-ring (bicyclic) bond motifs is 1. The Morgan fingerprint density at radius 3 is 2.23 bits per heavy atom. The highest BCUT2D eigenvalue weighted by Crippen LogP contribution is 2.62. The van der Waals surface area contributed by atoms with Crippen LogP contribution in [0.5, 0.6) is 0 Å². The van der Waals surface area contributed by atoms with Crippen LogP contribution >= 0.6 is 0 Å². The van der Waals surface area contributed by atoms with Crippen LogP contribution in [0.4, 0.5) is 4.79 Å². The van der Waals surface area contributed by atoms with E-state index in [1.807, 2.05) is 13.8 Å². The molecule has 9 nitrogen and oxygen atoms in total. The molecular weight excluding hydrogens is 392 g/mol. The van der Waals surface area contributed by atoms with Gasteiger partial charge in [-0.3, -0.25) is 9.59 Å². The third kappa shape index (κ3) is 5.05. The maximum atomic E-state index is 13.4. The molecule has 5 atom stereocenters. The lowest BCUT2D eigenvalue weighted by Gasteiger charge is -2.34. The monoisotopic (exact) mass is 426 g/mol.